The minimum atomic E-state index is -3.72. The van der Waals surface area contributed by atoms with E-state index in [1.165, 1.54) is 12.3 Å². The summed E-state index contributed by atoms with van der Waals surface area (Å²) < 4.78 is 31.3. The van der Waals surface area contributed by atoms with E-state index in [9.17, 15) is 13.2 Å². The van der Waals surface area contributed by atoms with Crippen LogP contribution >= 0.6 is 23.2 Å². The second kappa shape index (κ2) is 11.4. The number of amides is 1. The van der Waals surface area contributed by atoms with Gasteiger partial charge in [-0.05, 0) is 72.1 Å². The molecule has 0 bridgehead atoms. The highest BCUT2D eigenvalue weighted by molar-refractivity contribution is 7.92. The van der Waals surface area contributed by atoms with Crippen molar-refractivity contribution in [2.24, 2.45) is 5.10 Å². The lowest BCUT2D eigenvalue weighted by Gasteiger charge is -2.23. The van der Waals surface area contributed by atoms with Crippen molar-refractivity contribution < 1.29 is 17.9 Å². The maximum Gasteiger partial charge on any atom is 0.260 e. The fourth-order valence-electron chi connectivity index (χ4n) is 3.02. The lowest BCUT2D eigenvalue weighted by atomic mass is 10.2. The van der Waals surface area contributed by atoms with Crippen molar-refractivity contribution in [3.8, 4) is 5.75 Å². The molecule has 1 amide bonds. The summed E-state index contributed by atoms with van der Waals surface area (Å²) in [5.41, 5.74) is 5.04. The van der Waals surface area contributed by atoms with Crippen LogP contribution in [-0.2, 0) is 21.4 Å². The van der Waals surface area contributed by atoms with Crippen LogP contribution in [0.5, 0.6) is 5.75 Å². The molecule has 3 aromatic carbocycles. The van der Waals surface area contributed by atoms with Gasteiger partial charge in [0.25, 0.3) is 5.91 Å². The number of halogens is 2. The highest BCUT2D eigenvalue weighted by Gasteiger charge is 2.22. The van der Waals surface area contributed by atoms with E-state index in [4.69, 9.17) is 27.9 Å². The van der Waals surface area contributed by atoms with Gasteiger partial charge >= 0.3 is 0 Å². The van der Waals surface area contributed by atoms with Crippen LogP contribution in [0.15, 0.2) is 71.8 Å². The van der Waals surface area contributed by atoms with Crippen molar-refractivity contribution in [3.05, 3.63) is 93.5 Å². The summed E-state index contributed by atoms with van der Waals surface area (Å²) in [5, 5.41) is 4.93. The van der Waals surface area contributed by atoms with Crippen LogP contribution < -0.4 is 14.5 Å². The zero-order valence-electron chi connectivity index (χ0n) is 18.5. The smallest absolute Gasteiger partial charge is 0.260 e. The number of hydrogen-bond acceptors (Lipinski definition) is 5. The molecule has 10 heteroatoms. The summed E-state index contributed by atoms with van der Waals surface area (Å²) in [4.78, 5) is 12.4. The zero-order chi connectivity index (χ0) is 24.7. The van der Waals surface area contributed by atoms with Crippen molar-refractivity contribution in [1.82, 2.24) is 5.43 Å². The third kappa shape index (κ3) is 7.48. The van der Waals surface area contributed by atoms with Gasteiger partial charge in [0.15, 0.2) is 0 Å². The fraction of sp³-hybridized carbons (Fsp3) is 0.167. The number of sulfonamides is 1. The number of hydrogen-bond donors (Lipinski definition) is 1. The maximum absolute atomic E-state index is 12.4. The molecule has 1 N–H and O–H groups in total. The summed E-state index contributed by atoms with van der Waals surface area (Å²) >= 11 is 12.0. The van der Waals surface area contributed by atoms with E-state index >= 15 is 0 Å². The third-order valence-corrected chi connectivity index (χ3v) is 6.30. The van der Waals surface area contributed by atoms with Gasteiger partial charge in [-0.3, -0.25) is 9.10 Å². The number of nitrogens with one attached hydrogen (secondary N) is 1. The Labute approximate surface area is 209 Å². The molecular formula is C24H23Cl2N3O4S. The molecule has 0 saturated heterocycles. The SMILES string of the molecule is Cc1ccc(Cl)cc1N(CC(=O)N/N=C\c1ccc(OCc2cccc(Cl)c2)cc1)S(C)(=O)=O. The van der Waals surface area contributed by atoms with E-state index in [2.05, 4.69) is 10.5 Å². The van der Waals surface area contributed by atoms with E-state index < -0.39 is 22.5 Å². The molecule has 0 aromatic heterocycles. The first kappa shape index (κ1) is 25.6. The lowest BCUT2D eigenvalue weighted by Crippen LogP contribution is -2.39. The van der Waals surface area contributed by atoms with Gasteiger partial charge in [0, 0.05) is 10.0 Å². The molecule has 0 unspecified atom stereocenters. The molecule has 0 aliphatic heterocycles. The largest absolute Gasteiger partial charge is 0.489 e. The average Bonchev–Trinajstić information content (AvgIpc) is 2.78. The van der Waals surface area contributed by atoms with Gasteiger partial charge in [-0.25, -0.2) is 13.8 Å². The van der Waals surface area contributed by atoms with Crippen LogP contribution in [-0.4, -0.2) is 33.3 Å². The van der Waals surface area contributed by atoms with Gasteiger partial charge in [-0.15, -0.1) is 0 Å². The molecule has 0 radical (unpaired) electrons. The van der Waals surface area contributed by atoms with Gasteiger partial charge in [-0.2, -0.15) is 5.10 Å². The molecule has 3 aromatic rings. The Morgan fingerprint density at radius 2 is 1.76 bits per heavy atom. The number of carbonyl (C=O) groups is 1. The highest BCUT2D eigenvalue weighted by Crippen LogP contribution is 2.26. The summed E-state index contributed by atoms with van der Waals surface area (Å²) in [6.45, 7) is 1.68. The number of ether oxygens (including phenoxy) is 1. The molecule has 7 nitrogen and oxygen atoms in total. The first-order valence-corrected chi connectivity index (χ1v) is 12.8. The molecule has 0 fully saturated rings. The van der Waals surface area contributed by atoms with Gasteiger partial charge in [0.1, 0.15) is 18.9 Å². The van der Waals surface area contributed by atoms with Crippen LogP contribution in [0.1, 0.15) is 16.7 Å². The second-order valence-corrected chi connectivity index (χ2v) is 10.3. The molecule has 0 aliphatic carbocycles. The molecule has 0 saturated carbocycles. The Bertz CT molecular complexity index is 1300. The van der Waals surface area contributed by atoms with Gasteiger partial charge in [0.2, 0.25) is 10.0 Å². The van der Waals surface area contributed by atoms with Crippen molar-refractivity contribution in [1.29, 1.82) is 0 Å². The van der Waals surface area contributed by atoms with Crippen molar-refractivity contribution in [3.63, 3.8) is 0 Å². The minimum Gasteiger partial charge on any atom is -0.489 e. The first-order chi connectivity index (χ1) is 16.1. The summed E-state index contributed by atoms with van der Waals surface area (Å²) in [7, 11) is -3.72. The minimum absolute atomic E-state index is 0.336. The Hall–Kier alpha value is -3.07. The van der Waals surface area contributed by atoms with Crippen LogP contribution in [0.25, 0.3) is 0 Å². The summed E-state index contributed by atoms with van der Waals surface area (Å²) in [5.74, 6) is 0.0735. The average molecular weight is 520 g/mol. The number of hydrazone groups is 1. The molecule has 0 heterocycles. The second-order valence-electron chi connectivity index (χ2n) is 7.48. The van der Waals surface area contributed by atoms with Crippen molar-refractivity contribution in [2.45, 2.75) is 13.5 Å². The van der Waals surface area contributed by atoms with E-state index in [1.54, 1.807) is 49.4 Å². The fourth-order valence-corrected chi connectivity index (χ4v) is 4.31. The topological polar surface area (TPSA) is 88.1 Å². The number of benzene rings is 3. The van der Waals surface area contributed by atoms with Crippen LogP contribution in [0.3, 0.4) is 0 Å². The summed E-state index contributed by atoms with van der Waals surface area (Å²) in [6.07, 6.45) is 2.48. The zero-order valence-corrected chi connectivity index (χ0v) is 20.9. The van der Waals surface area contributed by atoms with Crippen molar-refractivity contribution >= 4 is 51.0 Å². The van der Waals surface area contributed by atoms with Crippen molar-refractivity contribution in [2.75, 3.05) is 17.1 Å². The Morgan fingerprint density at radius 1 is 1.06 bits per heavy atom. The molecule has 34 heavy (non-hydrogen) atoms. The first-order valence-electron chi connectivity index (χ1n) is 10.1. The maximum atomic E-state index is 12.4. The predicted molar refractivity (Wildman–Crippen MR) is 136 cm³/mol. The Morgan fingerprint density at radius 3 is 2.44 bits per heavy atom. The molecular weight excluding hydrogens is 497 g/mol. The predicted octanol–water partition coefficient (Wildman–Crippen LogP) is 4.80. The molecule has 178 valence electrons. The van der Waals surface area contributed by atoms with E-state index in [1.807, 2.05) is 18.2 Å². The number of carbonyl (C=O) groups excluding carboxylic acids is 1. The third-order valence-electron chi connectivity index (χ3n) is 4.70. The summed E-state index contributed by atoms with van der Waals surface area (Å²) in [6, 6.07) is 19.4. The molecule has 0 spiro atoms. The molecule has 0 atom stereocenters. The standard InChI is InChI=1S/C24H23Cl2N3O4S/c1-17-6-9-21(26)13-23(17)29(34(2,31)32)15-24(30)28-27-14-18-7-10-22(11-8-18)33-16-19-4-3-5-20(25)12-19/h3-14H,15-16H2,1-2H3,(H,28,30)/b27-14-. The van der Waals surface area contributed by atoms with E-state index in [-0.39, 0.29) is 0 Å². The number of aryl methyl sites for hydroxylation is 1. The highest BCUT2D eigenvalue weighted by atomic mass is 35.5. The van der Waals surface area contributed by atoms with E-state index in [0.717, 1.165) is 21.7 Å². The van der Waals surface area contributed by atoms with E-state index in [0.29, 0.717) is 33.7 Å². The van der Waals surface area contributed by atoms with Gasteiger partial charge in [-0.1, -0.05) is 41.4 Å². The molecule has 3 rings (SSSR count). The Balaban J connectivity index is 1.57. The quantitative estimate of drug-likeness (QED) is 0.325. The number of nitrogens with zero attached hydrogens (tertiary/aromatic N) is 2. The van der Waals surface area contributed by atoms with Crippen LogP contribution in [0.2, 0.25) is 10.0 Å². The monoisotopic (exact) mass is 519 g/mol. The number of anilines is 1. The normalized spacial score (nSPS) is 11.4. The number of rotatable bonds is 9. The molecule has 0 aliphatic rings. The Kier molecular flexibility index (Phi) is 8.55. The van der Waals surface area contributed by atoms with Gasteiger partial charge in [0.05, 0.1) is 18.2 Å². The lowest BCUT2D eigenvalue weighted by molar-refractivity contribution is -0.119. The van der Waals surface area contributed by atoms with Gasteiger partial charge < -0.3 is 4.74 Å². The van der Waals surface area contributed by atoms with Crippen LogP contribution in [0, 0.1) is 6.92 Å². The van der Waals surface area contributed by atoms with Crippen LogP contribution in [0.4, 0.5) is 5.69 Å².